The summed E-state index contributed by atoms with van der Waals surface area (Å²) >= 11 is 7.29. The number of amides is 1. The normalized spacial score (nSPS) is 20.0. The summed E-state index contributed by atoms with van der Waals surface area (Å²) in [6, 6.07) is 8.04. The highest BCUT2D eigenvalue weighted by Crippen LogP contribution is 2.37. The molecular weight excluding hydrogens is 360 g/mol. The predicted octanol–water partition coefficient (Wildman–Crippen LogP) is 3.36. The smallest absolute Gasteiger partial charge is 0.274 e. The first-order valence-electron chi connectivity index (χ1n) is 7.61. The standard InChI is InChI=1S/C17H17ClN4O2S/c1-17(4-5-25-16(19)22-17)10-6-12(8-13(23)7-10)21-15(24)14-3-2-11(18)9-20-14/h2-3,6-9,23H,4-5H2,1H3,(H2,19,22)(H,21,24). The van der Waals surface area contributed by atoms with Crippen molar-refractivity contribution in [2.75, 3.05) is 11.1 Å². The third-order valence-electron chi connectivity index (χ3n) is 3.95. The first-order chi connectivity index (χ1) is 11.9. The average Bonchev–Trinajstić information content (AvgIpc) is 2.54. The Bertz CT molecular complexity index is 841. The summed E-state index contributed by atoms with van der Waals surface area (Å²) in [5.74, 6) is 0.503. The predicted molar refractivity (Wildman–Crippen MR) is 101 cm³/mol. The van der Waals surface area contributed by atoms with E-state index in [2.05, 4.69) is 15.3 Å². The number of carbonyl (C=O) groups excluding carboxylic acids is 1. The highest BCUT2D eigenvalue weighted by atomic mass is 35.5. The Morgan fingerprint density at radius 3 is 2.88 bits per heavy atom. The summed E-state index contributed by atoms with van der Waals surface area (Å²) in [5.41, 5.74) is 6.80. The van der Waals surface area contributed by atoms with Crippen LogP contribution in [0.3, 0.4) is 0 Å². The maximum absolute atomic E-state index is 12.3. The molecule has 0 saturated heterocycles. The summed E-state index contributed by atoms with van der Waals surface area (Å²) in [7, 11) is 0. The van der Waals surface area contributed by atoms with Crippen LogP contribution in [-0.2, 0) is 5.54 Å². The van der Waals surface area contributed by atoms with Crippen LogP contribution in [0.5, 0.6) is 5.75 Å². The van der Waals surface area contributed by atoms with Gasteiger partial charge in [-0.25, -0.2) is 4.98 Å². The van der Waals surface area contributed by atoms with E-state index >= 15 is 0 Å². The minimum Gasteiger partial charge on any atom is -0.508 e. The Hall–Kier alpha value is -2.25. The van der Waals surface area contributed by atoms with E-state index in [1.54, 1.807) is 18.2 Å². The number of nitrogens with zero attached hydrogens (tertiary/aromatic N) is 2. The second-order valence-electron chi connectivity index (χ2n) is 5.91. The fraction of sp³-hybridized carbons (Fsp3) is 0.235. The summed E-state index contributed by atoms with van der Waals surface area (Å²) in [6.07, 6.45) is 2.19. The van der Waals surface area contributed by atoms with Crippen LogP contribution in [-0.4, -0.2) is 26.9 Å². The first-order valence-corrected chi connectivity index (χ1v) is 8.98. The van der Waals surface area contributed by atoms with E-state index < -0.39 is 5.54 Å². The maximum Gasteiger partial charge on any atom is 0.274 e. The number of rotatable bonds is 3. The number of aromatic nitrogens is 1. The van der Waals surface area contributed by atoms with E-state index in [9.17, 15) is 9.90 Å². The van der Waals surface area contributed by atoms with Crippen LogP contribution in [0, 0.1) is 0 Å². The number of aromatic hydroxyl groups is 1. The molecule has 0 saturated carbocycles. The van der Waals surface area contributed by atoms with Gasteiger partial charge in [0, 0.05) is 23.7 Å². The number of halogens is 1. The molecule has 1 aliphatic heterocycles. The number of nitrogens with one attached hydrogen (secondary N) is 1. The van der Waals surface area contributed by atoms with Crippen molar-refractivity contribution in [3.63, 3.8) is 0 Å². The fourth-order valence-electron chi connectivity index (χ4n) is 2.59. The van der Waals surface area contributed by atoms with Gasteiger partial charge in [0.1, 0.15) is 11.4 Å². The summed E-state index contributed by atoms with van der Waals surface area (Å²) < 4.78 is 0. The van der Waals surface area contributed by atoms with Crippen molar-refractivity contribution in [3.05, 3.63) is 52.8 Å². The van der Waals surface area contributed by atoms with Crippen molar-refractivity contribution in [1.82, 2.24) is 4.98 Å². The average molecular weight is 377 g/mol. The molecule has 3 rings (SSSR count). The number of thioether (sulfide) groups is 1. The van der Waals surface area contributed by atoms with Crippen LogP contribution in [0.2, 0.25) is 5.02 Å². The van der Waals surface area contributed by atoms with Crippen LogP contribution in [0.15, 0.2) is 41.5 Å². The number of benzene rings is 1. The number of phenolic OH excluding ortho intramolecular Hbond substituents is 1. The van der Waals surface area contributed by atoms with E-state index in [0.717, 1.165) is 17.7 Å². The number of pyridine rings is 1. The molecule has 8 heteroatoms. The molecule has 0 bridgehead atoms. The van der Waals surface area contributed by atoms with Gasteiger partial charge in [0.05, 0.1) is 10.6 Å². The molecule has 130 valence electrons. The van der Waals surface area contributed by atoms with Crippen molar-refractivity contribution >= 4 is 40.1 Å². The molecule has 1 atom stereocenters. The van der Waals surface area contributed by atoms with Crippen molar-refractivity contribution in [3.8, 4) is 5.75 Å². The van der Waals surface area contributed by atoms with Gasteiger partial charge in [-0.1, -0.05) is 23.4 Å². The van der Waals surface area contributed by atoms with Crippen LogP contribution in [0.4, 0.5) is 5.69 Å². The third kappa shape index (κ3) is 4.05. The van der Waals surface area contributed by atoms with Crippen LogP contribution in [0.25, 0.3) is 0 Å². The lowest BCUT2D eigenvalue weighted by molar-refractivity contribution is 0.102. The van der Waals surface area contributed by atoms with Crippen molar-refractivity contribution in [2.45, 2.75) is 18.9 Å². The highest BCUT2D eigenvalue weighted by molar-refractivity contribution is 8.13. The van der Waals surface area contributed by atoms with Crippen LogP contribution >= 0.6 is 23.4 Å². The van der Waals surface area contributed by atoms with Gasteiger partial charge < -0.3 is 16.2 Å². The molecule has 2 heterocycles. The van der Waals surface area contributed by atoms with Gasteiger partial charge in [0.25, 0.3) is 5.91 Å². The van der Waals surface area contributed by atoms with Crippen molar-refractivity contribution in [2.24, 2.45) is 10.7 Å². The zero-order valence-corrected chi connectivity index (χ0v) is 15.1. The second kappa shape index (κ2) is 6.93. The zero-order valence-electron chi connectivity index (χ0n) is 13.5. The fourth-order valence-corrected chi connectivity index (χ4v) is 3.68. The first kappa shape index (κ1) is 17.6. The Morgan fingerprint density at radius 1 is 1.40 bits per heavy atom. The van der Waals surface area contributed by atoms with E-state index in [1.165, 1.54) is 30.1 Å². The number of carbonyl (C=O) groups is 1. The lowest BCUT2D eigenvalue weighted by atomic mass is 9.89. The molecule has 2 aromatic rings. The highest BCUT2D eigenvalue weighted by Gasteiger charge is 2.30. The quantitative estimate of drug-likeness (QED) is 0.762. The molecule has 0 spiro atoms. The number of nitrogens with two attached hydrogens (primary N) is 1. The van der Waals surface area contributed by atoms with E-state index in [1.807, 2.05) is 6.92 Å². The molecule has 1 aromatic carbocycles. The SMILES string of the molecule is CC1(c2cc(O)cc(NC(=O)c3ccc(Cl)cn3)c2)CCSC(N)=N1. The molecule has 25 heavy (non-hydrogen) atoms. The van der Waals surface area contributed by atoms with Gasteiger partial charge >= 0.3 is 0 Å². The van der Waals surface area contributed by atoms with Gasteiger partial charge in [0.2, 0.25) is 0 Å². The summed E-state index contributed by atoms with van der Waals surface area (Å²) in [5, 5.41) is 13.8. The molecule has 6 nitrogen and oxygen atoms in total. The molecule has 1 unspecified atom stereocenters. The number of hydrogen-bond donors (Lipinski definition) is 3. The number of aliphatic imine (C=N–C) groups is 1. The van der Waals surface area contributed by atoms with Gasteiger partial charge in [-0.2, -0.15) is 0 Å². The van der Waals surface area contributed by atoms with Crippen LogP contribution in [0.1, 0.15) is 29.4 Å². The minimum atomic E-state index is -0.536. The number of anilines is 1. The summed E-state index contributed by atoms with van der Waals surface area (Å²) in [6.45, 7) is 1.96. The lowest BCUT2D eigenvalue weighted by Gasteiger charge is -2.30. The Morgan fingerprint density at radius 2 is 2.20 bits per heavy atom. The molecule has 0 fully saturated rings. The topological polar surface area (TPSA) is 101 Å². The molecule has 0 aliphatic carbocycles. The van der Waals surface area contributed by atoms with E-state index in [4.69, 9.17) is 17.3 Å². The molecular formula is C17H17ClN4O2S. The summed E-state index contributed by atoms with van der Waals surface area (Å²) in [4.78, 5) is 20.8. The number of hydrogen-bond acceptors (Lipinski definition) is 6. The Balaban J connectivity index is 1.88. The van der Waals surface area contributed by atoms with Crippen molar-refractivity contribution < 1.29 is 9.90 Å². The Labute approximate surface area is 154 Å². The van der Waals surface area contributed by atoms with Gasteiger partial charge in [-0.15, -0.1) is 0 Å². The van der Waals surface area contributed by atoms with Crippen molar-refractivity contribution in [1.29, 1.82) is 0 Å². The van der Waals surface area contributed by atoms with Gasteiger partial charge in [-0.05, 0) is 43.2 Å². The molecule has 0 radical (unpaired) electrons. The molecule has 1 aromatic heterocycles. The van der Waals surface area contributed by atoms with E-state index in [-0.39, 0.29) is 17.4 Å². The zero-order chi connectivity index (χ0) is 18.0. The number of amidine groups is 1. The Kier molecular flexibility index (Phi) is 4.87. The lowest BCUT2D eigenvalue weighted by Crippen LogP contribution is -2.28. The third-order valence-corrected chi connectivity index (χ3v) is 4.97. The second-order valence-corrected chi connectivity index (χ2v) is 7.46. The molecule has 1 aliphatic rings. The van der Waals surface area contributed by atoms with Gasteiger partial charge in [0.15, 0.2) is 5.17 Å². The largest absolute Gasteiger partial charge is 0.508 e. The maximum atomic E-state index is 12.3. The monoisotopic (exact) mass is 376 g/mol. The molecule has 4 N–H and O–H groups in total. The van der Waals surface area contributed by atoms with Gasteiger partial charge in [-0.3, -0.25) is 9.79 Å². The van der Waals surface area contributed by atoms with E-state index in [0.29, 0.717) is 15.9 Å². The molecule has 1 amide bonds. The number of phenols is 1. The minimum absolute atomic E-state index is 0.0464. The van der Waals surface area contributed by atoms with Crippen LogP contribution < -0.4 is 11.1 Å².